The lowest BCUT2D eigenvalue weighted by molar-refractivity contribution is -0.00860. The molecule has 1 amide bonds. The van der Waals surface area contributed by atoms with Crippen molar-refractivity contribution < 1.29 is 19.1 Å². The molecule has 1 aromatic rings. The molecule has 3 rings (SSSR count). The molecule has 1 aromatic carbocycles. The van der Waals surface area contributed by atoms with Gasteiger partial charge in [0, 0.05) is 25.9 Å². The quantitative estimate of drug-likeness (QED) is 0.780. The zero-order valence-corrected chi connectivity index (χ0v) is 14.3. The number of likely N-dealkylation sites (tertiary alicyclic amines) is 1. The molecule has 0 bridgehead atoms. The summed E-state index contributed by atoms with van der Waals surface area (Å²) >= 11 is 0. The summed E-state index contributed by atoms with van der Waals surface area (Å²) in [5.74, 6) is 0.843. The molecule has 128 valence electrons. The van der Waals surface area contributed by atoms with E-state index in [1.165, 1.54) is 0 Å². The second-order valence-electron chi connectivity index (χ2n) is 6.62. The van der Waals surface area contributed by atoms with Crippen molar-refractivity contribution in [3.8, 4) is 5.75 Å². The highest BCUT2D eigenvalue weighted by Crippen LogP contribution is 2.41. The lowest BCUT2D eigenvalue weighted by Gasteiger charge is -2.44. The summed E-state index contributed by atoms with van der Waals surface area (Å²) in [5, 5.41) is 0. The van der Waals surface area contributed by atoms with Gasteiger partial charge < -0.3 is 14.4 Å². The van der Waals surface area contributed by atoms with Crippen LogP contribution >= 0.6 is 0 Å². The van der Waals surface area contributed by atoms with Crippen LogP contribution in [0.2, 0.25) is 0 Å². The first-order chi connectivity index (χ1) is 11.5. The Morgan fingerprint density at radius 1 is 1.38 bits per heavy atom. The normalized spacial score (nSPS) is 18.8. The van der Waals surface area contributed by atoms with Gasteiger partial charge in [0.2, 0.25) is 0 Å². The van der Waals surface area contributed by atoms with Gasteiger partial charge in [-0.15, -0.1) is 0 Å². The van der Waals surface area contributed by atoms with Crippen molar-refractivity contribution >= 4 is 11.9 Å². The third-order valence-electron chi connectivity index (χ3n) is 5.04. The van der Waals surface area contributed by atoms with Gasteiger partial charge in [-0.1, -0.05) is 18.7 Å². The van der Waals surface area contributed by atoms with Crippen molar-refractivity contribution in [1.29, 1.82) is 0 Å². The number of ether oxygens (including phenoxy) is 2. The summed E-state index contributed by atoms with van der Waals surface area (Å²) < 4.78 is 11.4. The van der Waals surface area contributed by atoms with Crippen LogP contribution in [0.25, 0.3) is 0 Å². The molecule has 5 nitrogen and oxygen atoms in total. The Morgan fingerprint density at radius 2 is 2.08 bits per heavy atom. The number of rotatable bonds is 2. The number of carbonyl (C=O) groups is 2. The van der Waals surface area contributed by atoms with Crippen LogP contribution in [0.4, 0.5) is 4.79 Å². The third-order valence-corrected chi connectivity index (χ3v) is 5.04. The van der Waals surface area contributed by atoms with Gasteiger partial charge in [-0.3, -0.25) is 4.79 Å². The first kappa shape index (κ1) is 16.6. The summed E-state index contributed by atoms with van der Waals surface area (Å²) in [7, 11) is 0. The molecule has 0 N–H and O–H groups in total. The summed E-state index contributed by atoms with van der Waals surface area (Å²) in [5.41, 5.74) is 2.31. The van der Waals surface area contributed by atoms with Crippen molar-refractivity contribution in [3.63, 3.8) is 0 Å². The second kappa shape index (κ2) is 6.30. The maximum atomic E-state index is 12.6. The minimum absolute atomic E-state index is 0.127. The molecular weight excluding hydrogens is 306 g/mol. The standard InChI is InChI=1S/C19H23NO4/c1-4-11-23-18(22)20-9-7-19(8-10-20)12-16(21)15-6-5-13(2)14(3)17(15)24-19/h4-6H,1,7-12H2,2-3H3. The van der Waals surface area contributed by atoms with Gasteiger partial charge >= 0.3 is 6.09 Å². The predicted molar refractivity (Wildman–Crippen MR) is 90.6 cm³/mol. The molecule has 1 saturated heterocycles. The number of Topliss-reactive ketones (excluding diaryl/α,β-unsaturated/α-hetero) is 1. The molecular formula is C19H23NO4. The maximum Gasteiger partial charge on any atom is 0.410 e. The monoisotopic (exact) mass is 329 g/mol. The van der Waals surface area contributed by atoms with E-state index < -0.39 is 5.60 Å². The van der Waals surface area contributed by atoms with Crippen LogP contribution in [0, 0.1) is 13.8 Å². The van der Waals surface area contributed by atoms with Crippen LogP contribution < -0.4 is 4.74 Å². The van der Waals surface area contributed by atoms with E-state index in [0.717, 1.165) is 11.1 Å². The topological polar surface area (TPSA) is 55.8 Å². The van der Waals surface area contributed by atoms with E-state index in [9.17, 15) is 9.59 Å². The van der Waals surface area contributed by atoms with E-state index >= 15 is 0 Å². The molecule has 0 aromatic heterocycles. The molecule has 0 atom stereocenters. The van der Waals surface area contributed by atoms with Crippen molar-refractivity contribution in [1.82, 2.24) is 4.90 Å². The number of ketones is 1. The third kappa shape index (κ3) is 2.90. The lowest BCUT2D eigenvalue weighted by Crippen LogP contribution is -2.52. The first-order valence-electron chi connectivity index (χ1n) is 8.31. The number of carbonyl (C=O) groups excluding carboxylic acids is 2. The number of benzene rings is 1. The van der Waals surface area contributed by atoms with Gasteiger partial charge in [0.1, 0.15) is 18.0 Å². The average molecular weight is 329 g/mol. The summed E-state index contributed by atoms with van der Waals surface area (Å²) in [4.78, 5) is 26.2. The van der Waals surface area contributed by atoms with Gasteiger partial charge in [0.15, 0.2) is 5.78 Å². The van der Waals surface area contributed by atoms with Crippen molar-refractivity contribution in [3.05, 3.63) is 41.5 Å². The van der Waals surface area contributed by atoms with E-state index in [2.05, 4.69) is 6.58 Å². The average Bonchev–Trinajstić information content (AvgIpc) is 2.57. The highest BCUT2D eigenvalue weighted by Gasteiger charge is 2.44. The minimum Gasteiger partial charge on any atom is -0.486 e. The number of nitrogens with zero attached hydrogens (tertiary/aromatic N) is 1. The first-order valence-corrected chi connectivity index (χ1v) is 8.31. The zero-order chi connectivity index (χ0) is 17.3. The van der Waals surface area contributed by atoms with E-state index in [1.807, 2.05) is 26.0 Å². The Balaban J connectivity index is 1.75. The van der Waals surface area contributed by atoms with Gasteiger partial charge in [-0.2, -0.15) is 0 Å². The fourth-order valence-corrected chi connectivity index (χ4v) is 3.38. The molecule has 1 spiro atoms. The lowest BCUT2D eigenvalue weighted by atomic mass is 9.81. The van der Waals surface area contributed by atoms with Crippen LogP contribution in [0.15, 0.2) is 24.8 Å². The smallest absolute Gasteiger partial charge is 0.410 e. The van der Waals surface area contributed by atoms with Crippen LogP contribution in [-0.2, 0) is 4.74 Å². The Bertz CT molecular complexity index is 687. The van der Waals surface area contributed by atoms with Crippen molar-refractivity contribution in [2.75, 3.05) is 19.7 Å². The number of aryl methyl sites for hydroxylation is 1. The Morgan fingerprint density at radius 3 is 2.75 bits per heavy atom. The largest absolute Gasteiger partial charge is 0.486 e. The molecule has 2 aliphatic rings. The SMILES string of the molecule is C=CCOC(=O)N1CCC2(CC1)CC(=O)c1ccc(C)c(C)c1O2. The van der Waals surface area contributed by atoms with Crippen LogP contribution in [0.1, 0.15) is 40.7 Å². The van der Waals surface area contributed by atoms with Crippen LogP contribution in [0.5, 0.6) is 5.75 Å². The van der Waals surface area contributed by atoms with Crippen molar-refractivity contribution in [2.45, 2.75) is 38.7 Å². The molecule has 1 fully saturated rings. The van der Waals surface area contributed by atoms with E-state index in [-0.39, 0.29) is 18.5 Å². The molecule has 0 radical (unpaired) electrons. The Labute approximate surface area is 142 Å². The number of hydrogen-bond acceptors (Lipinski definition) is 4. The zero-order valence-electron chi connectivity index (χ0n) is 14.3. The van der Waals surface area contributed by atoms with Crippen LogP contribution in [-0.4, -0.2) is 42.1 Å². The molecule has 2 aliphatic heterocycles. The number of piperidine rings is 1. The van der Waals surface area contributed by atoms with Gasteiger partial charge in [0.25, 0.3) is 0 Å². The van der Waals surface area contributed by atoms with E-state index in [4.69, 9.17) is 9.47 Å². The summed E-state index contributed by atoms with van der Waals surface area (Å²) in [6, 6.07) is 3.82. The van der Waals surface area contributed by atoms with Crippen molar-refractivity contribution in [2.24, 2.45) is 0 Å². The fourth-order valence-electron chi connectivity index (χ4n) is 3.38. The molecule has 24 heavy (non-hydrogen) atoms. The minimum atomic E-state index is -0.502. The predicted octanol–water partition coefficient (Wildman–Crippen LogP) is 3.43. The Kier molecular flexibility index (Phi) is 4.35. The molecule has 2 heterocycles. The highest BCUT2D eigenvalue weighted by atomic mass is 16.6. The van der Waals surface area contributed by atoms with Gasteiger partial charge in [-0.25, -0.2) is 4.79 Å². The highest BCUT2D eigenvalue weighted by molar-refractivity contribution is 6.01. The van der Waals surface area contributed by atoms with Crippen LogP contribution in [0.3, 0.4) is 0 Å². The fraction of sp³-hybridized carbons (Fsp3) is 0.474. The van der Waals surface area contributed by atoms with E-state index in [1.54, 1.807) is 11.0 Å². The molecule has 0 saturated carbocycles. The maximum absolute atomic E-state index is 12.6. The van der Waals surface area contributed by atoms with Gasteiger partial charge in [-0.05, 0) is 31.0 Å². The molecule has 0 aliphatic carbocycles. The Hall–Kier alpha value is -2.30. The van der Waals surface area contributed by atoms with Gasteiger partial charge in [0.05, 0.1) is 12.0 Å². The summed E-state index contributed by atoms with van der Waals surface area (Å²) in [6.45, 7) is 8.82. The number of fused-ring (bicyclic) bond motifs is 1. The molecule has 0 unspecified atom stereocenters. The second-order valence-corrected chi connectivity index (χ2v) is 6.62. The van der Waals surface area contributed by atoms with E-state index in [0.29, 0.717) is 43.7 Å². The number of amides is 1. The number of hydrogen-bond donors (Lipinski definition) is 0. The summed E-state index contributed by atoms with van der Waals surface area (Å²) in [6.07, 6.45) is 2.86. The molecule has 5 heteroatoms.